The number of hydrogen-bond donors (Lipinski definition) is 1. The lowest BCUT2D eigenvalue weighted by Gasteiger charge is -2.32. The van der Waals surface area contributed by atoms with Gasteiger partial charge in [0.15, 0.2) is 0 Å². The summed E-state index contributed by atoms with van der Waals surface area (Å²) in [7, 11) is -3.45. The van der Waals surface area contributed by atoms with Crippen molar-refractivity contribution >= 4 is 27.5 Å². The Balaban J connectivity index is 1.57. The standard InChI is InChI=1S/C21H31ClN2O3S/c22-19-12-10-17(11-13-19)16-28(26,27)24-14-6-7-18(15-24)21(25)23-20-8-4-2-1-3-5-9-20/h10-13,18,20H,1-9,14-16H2,(H,23,25)/t18-/m1/s1. The lowest BCUT2D eigenvalue weighted by molar-refractivity contribution is -0.126. The molecule has 1 atom stereocenters. The minimum absolute atomic E-state index is 0.0250. The first-order valence-corrected chi connectivity index (χ1v) is 12.5. The van der Waals surface area contributed by atoms with Gasteiger partial charge in [0.1, 0.15) is 0 Å². The van der Waals surface area contributed by atoms with E-state index in [0.29, 0.717) is 17.1 Å². The highest BCUT2D eigenvalue weighted by Crippen LogP contribution is 2.23. The summed E-state index contributed by atoms with van der Waals surface area (Å²) in [5, 5.41) is 3.80. The Labute approximate surface area is 173 Å². The molecular weight excluding hydrogens is 396 g/mol. The van der Waals surface area contributed by atoms with Crippen molar-refractivity contribution in [1.82, 2.24) is 9.62 Å². The second kappa shape index (κ2) is 10.1. The van der Waals surface area contributed by atoms with E-state index >= 15 is 0 Å². The molecule has 1 aliphatic carbocycles. The predicted octanol–water partition coefficient (Wildman–Crippen LogP) is 4.11. The zero-order chi connectivity index (χ0) is 20.0. The first-order chi connectivity index (χ1) is 13.4. The number of piperidine rings is 1. The number of halogens is 1. The molecule has 1 amide bonds. The number of amides is 1. The molecule has 0 spiro atoms. The Hall–Kier alpha value is -1.11. The number of carbonyl (C=O) groups excluding carboxylic acids is 1. The van der Waals surface area contributed by atoms with E-state index in [4.69, 9.17) is 11.6 Å². The molecule has 2 aliphatic rings. The highest BCUT2D eigenvalue weighted by atomic mass is 35.5. The van der Waals surface area contributed by atoms with Gasteiger partial charge in [0.25, 0.3) is 0 Å². The number of sulfonamides is 1. The average Bonchev–Trinajstić information content (AvgIpc) is 2.65. The molecule has 1 heterocycles. The predicted molar refractivity (Wildman–Crippen MR) is 113 cm³/mol. The summed E-state index contributed by atoms with van der Waals surface area (Å²) < 4.78 is 27.2. The van der Waals surface area contributed by atoms with Gasteiger partial charge in [0.2, 0.25) is 15.9 Å². The molecule has 5 nitrogen and oxygen atoms in total. The van der Waals surface area contributed by atoms with Crippen LogP contribution in [0, 0.1) is 5.92 Å². The Morgan fingerprint density at radius 3 is 2.32 bits per heavy atom. The van der Waals surface area contributed by atoms with Gasteiger partial charge in [0, 0.05) is 24.2 Å². The molecule has 0 aromatic heterocycles. The fraction of sp³-hybridized carbons (Fsp3) is 0.667. The highest BCUT2D eigenvalue weighted by Gasteiger charge is 2.33. The maximum absolute atomic E-state index is 12.8. The Morgan fingerprint density at radius 2 is 1.64 bits per heavy atom. The molecule has 0 bridgehead atoms. The summed E-state index contributed by atoms with van der Waals surface area (Å²) in [4.78, 5) is 12.8. The van der Waals surface area contributed by atoms with E-state index in [1.807, 2.05) is 0 Å². The topological polar surface area (TPSA) is 66.5 Å². The van der Waals surface area contributed by atoms with E-state index < -0.39 is 10.0 Å². The van der Waals surface area contributed by atoms with Crippen molar-refractivity contribution in [3.63, 3.8) is 0 Å². The summed E-state index contributed by atoms with van der Waals surface area (Å²) >= 11 is 5.88. The Bertz CT molecular complexity index is 743. The van der Waals surface area contributed by atoms with Crippen LogP contribution >= 0.6 is 11.6 Å². The minimum atomic E-state index is -3.45. The third-order valence-electron chi connectivity index (χ3n) is 5.86. The molecule has 1 aliphatic heterocycles. The van der Waals surface area contributed by atoms with Crippen LogP contribution < -0.4 is 5.32 Å². The maximum Gasteiger partial charge on any atom is 0.224 e. The van der Waals surface area contributed by atoms with E-state index in [-0.39, 0.29) is 30.2 Å². The van der Waals surface area contributed by atoms with E-state index in [1.54, 1.807) is 24.3 Å². The van der Waals surface area contributed by atoms with Crippen LogP contribution in [0.1, 0.15) is 63.4 Å². The van der Waals surface area contributed by atoms with Gasteiger partial charge in [-0.1, -0.05) is 55.8 Å². The maximum atomic E-state index is 12.8. The molecule has 1 aromatic rings. The summed E-state index contributed by atoms with van der Waals surface area (Å²) in [6, 6.07) is 7.13. The fourth-order valence-electron chi connectivity index (χ4n) is 4.21. The van der Waals surface area contributed by atoms with Crippen molar-refractivity contribution in [3.8, 4) is 0 Å². The van der Waals surface area contributed by atoms with E-state index in [0.717, 1.165) is 38.5 Å². The van der Waals surface area contributed by atoms with Crippen LogP contribution in [0.5, 0.6) is 0 Å². The van der Waals surface area contributed by atoms with Gasteiger partial charge in [-0.3, -0.25) is 4.79 Å². The van der Waals surface area contributed by atoms with Crippen LogP contribution in [-0.2, 0) is 20.6 Å². The number of nitrogens with zero attached hydrogens (tertiary/aromatic N) is 1. The van der Waals surface area contributed by atoms with Crippen LogP contribution in [0.3, 0.4) is 0 Å². The van der Waals surface area contributed by atoms with Crippen molar-refractivity contribution in [2.45, 2.75) is 69.6 Å². The summed E-state index contributed by atoms with van der Waals surface area (Å²) in [5.74, 6) is -0.280. The Morgan fingerprint density at radius 1 is 1.00 bits per heavy atom. The molecular formula is C21H31ClN2O3S. The second-order valence-electron chi connectivity index (χ2n) is 8.13. The lowest BCUT2D eigenvalue weighted by atomic mass is 9.94. The normalized spacial score (nSPS) is 23.0. The molecule has 1 saturated heterocycles. The summed E-state index contributed by atoms with van der Waals surface area (Å²) in [6.07, 6.45) is 9.67. The molecule has 1 N–H and O–H groups in total. The van der Waals surface area contributed by atoms with E-state index in [9.17, 15) is 13.2 Å². The monoisotopic (exact) mass is 426 g/mol. The number of benzene rings is 1. The summed E-state index contributed by atoms with van der Waals surface area (Å²) in [5.41, 5.74) is 0.713. The van der Waals surface area contributed by atoms with E-state index in [1.165, 1.54) is 23.6 Å². The van der Waals surface area contributed by atoms with Gasteiger partial charge in [-0.05, 0) is 43.4 Å². The second-order valence-corrected chi connectivity index (χ2v) is 10.5. The van der Waals surface area contributed by atoms with Gasteiger partial charge in [-0.15, -0.1) is 0 Å². The third kappa shape index (κ3) is 6.19. The first kappa shape index (κ1) is 21.6. The quantitative estimate of drug-likeness (QED) is 0.770. The van der Waals surface area contributed by atoms with Gasteiger partial charge in [-0.25, -0.2) is 12.7 Å². The van der Waals surface area contributed by atoms with Crippen molar-refractivity contribution in [2.24, 2.45) is 5.92 Å². The zero-order valence-electron chi connectivity index (χ0n) is 16.4. The number of carbonyl (C=O) groups is 1. The lowest BCUT2D eigenvalue weighted by Crippen LogP contribution is -2.47. The Kier molecular flexibility index (Phi) is 7.77. The fourth-order valence-corrected chi connectivity index (χ4v) is 5.95. The number of rotatable bonds is 5. The van der Waals surface area contributed by atoms with Crippen LogP contribution in [-0.4, -0.2) is 37.8 Å². The van der Waals surface area contributed by atoms with Gasteiger partial charge < -0.3 is 5.32 Å². The van der Waals surface area contributed by atoms with Gasteiger partial charge >= 0.3 is 0 Å². The van der Waals surface area contributed by atoms with Crippen molar-refractivity contribution in [3.05, 3.63) is 34.9 Å². The highest BCUT2D eigenvalue weighted by molar-refractivity contribution is 7.88. The van der Waals surface area contributed by atoms with Crippen LogP contribution in [0.15, 0.2) is 24.3 Å². The minimum Gasteiger partial charge on any atom is -0.353 e. The summed E-state index contributed by atoms with van der Waals surface area (Å²) in [6.45, 7) is 0.775. The first-order valence-electron chi connectivity index (χ1n) is 10.5. The molecule has 0 unspecified atom stereocenters. The SMILES string of the molecule is O=C(NC1CCCCCCC1)[C@@H]1CCCN(S(=O)(=O)Cc2ccc(Cl)cc2)C1. The van der Waals surface area contributed by atoms with E-state index in [2.05, 4.69) is 5.32 Å². The van der Waals surface area contributed by atoms with Gasteiger partial charge in [0.05, 0.1) is 11.7 Å². The molecule has 7 heteroatoms. The molecule has 3 rings (SSSR count). The number of hydrogen-bond acceptors (Lipinski definition) is 3. The molecule has 2 fully saturated rings. The van der Waals surface area contributed by atoms with Crippen LogP contribution in [0.2, 0.25) is 5.02 Å². The van der Waals surface area contributed by atoms with Gasteiger partial charge in [-0.2, -0.15) is 0 Å². The average molecular weight is 427 g/mol. The number of nitrogens with one attached hydrogen (secondary N) is 1. The molecule has 1 aromatic carbocycles. The smallest absolute Gasteiger partial charge is 0.224 e. The van der Waals surface area contributed by atoms with Crippen LogP contribution in [0.4, 0.5) is 0 Å². The molecule has 28 heavy (non-hydrogen) atoms. The molecule has 1 saturated carbocycles. The molecule has 0 radical (unpaired) electrons. The third-order valence-corrected chi connectivity index (χ3v) is 7.93. The molecule has 156 valence electrons. The largest absolute Gasteiger partial charge is 0.353 e. The van der Waals surface area contributed by atoms with Crippen molar-refractivity contribution in [2.75, 3.05) is 13.1 Å². The van der Waals surface area contributed by atoms with Crippen LogP contribution in [0.25, 0.3) is 0 Å². The van der Waals surface area contributed by atoms with Crippen molar-refractivity contribution < 1.29 is 13.2 Å². The zero-order valence-corrected chi connectivity index (χ0v) is 18.0. The van der Waals surface area contributed by atoms with Crippen molar-refractivity contribution in [1.29, 1.82) is 0 Å².